The second-order valence-corrected chi connectivity index (χ2v) is 3.77. The Labute approximate surface area is 86.8 Å². The van der Waals surface area contributed by atoms with Gasteiger partial charge in [0.2, 0.25) is 0 Å². The Bertz CT molecular complexity index is 411. The van der Waals surface area contributed by atoms with Crippen LogP contribution in [-0.2, 0) is 17.6 Å². The summed E-state index contributed by atoms with van der Waals surface area (Å²) in [5.41, 5.74) is 2.17. The van der Waals surface area contributed by atoms with Crippen molar-refractivity contribution < 1.29 is 20.1 Å². The fourth-order valence-electron chi connectivity index (χ4n) is 1.98. The molecule has 1 aromatic carbocycles. The molecule has 3 N–H and O–H groups in total. The van der Waals surface area contributed by atoms with Crippen molar-refractivity contribution in [1.82, 2.24) is 0 Å². The molecule has 0 aliphatic heterocycles. The van der Waals surface area contributed by atoms with Gasteiger partial charge in [-0.3, -0.25) is 0 Å². The van der Waals surface area contributed by atoms with Crippen LogP contribution in [0.3, 0.4) is 0 Å². The fourth-order valence-corrected chi connectivity index (χ4v) is 1.98. The summed E-state index contributed by atoms with van der Waals surface area (Å²) in [5, 5.41) is 27.6. The van der Waals surface area contributed by atoms with Crippen molar-refractivity contribution in [1.29, 1.82) is 0 Å². The van der Waals surface area contributed by atoms with Crippen molar-refractivity contribution in [2.24, 2.45) is 0 Å². The smallest absolute Gasteiger partial charge is 0.337 e. The van der Waals surface area contributed by atoms with Crippen LogP contribution in [0, 0.1) is 0 Å². The Morgan fingerprint density at radius 2 is 1.87 bits per heavy atom. The Balaban J connectivity index is 2.44. The van der Waals surface area contributed by atoms with Crippen LogP contribution < -0.4 is 0 Å². The third kappa shape index (κ3) is 1.68. The van der Waals surface area contributed by atoms with Crippen LogP contribution in [0.5, 0.6) is 5.75 Å². The molecule has 1 aromatic rings. The number of phenolic OH excluding ortho intramolecular Hbond substituents is 1. The van der Waals surface area contributed by atoms with Crippen molar-refractivity contribution >= 4 is 5.97 Å². The number of carboxylic acid groups (broad SMARTS) is 1. The van der Waals surface area contributed by atoms with Gasteiger partial charge in [-0.1, -0.05) is 0 Å². The molecule has 1 atom stereocenters. The second kappa shape index (κ2) is 3.55. The first kappa shape index (κ1) is 9.98. The SMILES string of the molecule is O=C(O)C(O)c1cc2c(cc1O)CCC2. The number of carbonyl (C=O) groups is 1. The first-order valence-corrected chi connectivity index (χ1v) is 4.85. The predicted octanol–water partition coefficient (Wildman–Crippen LogP) is 0.999. The first-order valence-electron chi connectivity index (χ1n) is 4.85. The van der Waals surface area contributed by atoms with Gasteiger partial charge in [-0.25, -0.2) is 4.79 Å². The Morgan fingerprint density at radius 3 is 2.47 bits per heavy atom. The highest BCUT2D eigenvalue weighted by Gasteiger charge is 2.22. The van der Waals surface area contributed by atoms with E-state index in [0.717, 1.165) is 30.4 Å². The van der Waals surface area contributed by atoms with Crippen molar-refractivity contribution in [3.05, 3.63) is 28.8 Å². The van der Waals surface area contributed by atoms with Crippen LogP contribution in [0.25, 0.3) is 0 Å². The number of aromatic hydroxyl groups is 1. The van der Waals surface area contributed by atoms with Gasteiger partial charge in [-0.15, -0.1) is 0 Å². The van der Waals surface area contributed by atoms with Gasteiger partial charge >= 0.3 is 5.97 Å². The highest BCUT2D eigenvalue weighted by atomic mass is 16.4. The molecular formula is C11H12O4. The summed E-state index contributed by atoms with van der Waals surface area (Å²) in [6.45, 7) is 0. The third-order valence-electron chi connectivity index (χ3n) is 2.77. The predicted molar refractivity (Wildman–Crippen MR) is 52.7 cm³/mol. The zero-order valence-electron chi connectivity index (χ0n) is 8.10. The van der Waals surface area contributed by atoms with Gasteiger partial charge in [0, 0.05) is 5.56 Å². The average Bonchev–Trinajstić information content (AvgIpc) is 2.62. The molecule has 4 heteroatoms. The highest BCUT2D eigenvalue weighted by molar-refractivity contribution is 5.75. The maximum absolute atomic E-state index is 10.6. The van der Waals surface area contributed by atoms with Crippen LogP contribution in [0.2, 0.25) is 0 Å². The molecule has 0 fully saturated rings. The number of aliphatic hydroxyl groups is 1. The number of benzene rings is 1. The minimum Gasteiger partial charge on any atom is -0.508 e. The average molecular weight is 208 g/mol. The molecule has 15 heavy (non-hydrogen) atoms. The number of hydrogen-bond donors (Lipinski definition) is 3. The van der Waals surface area contributed by atoms with Gasteiger partial charge in [-0.2, -0.15) is 0 Å². The number of carboxylic acids is 1. The van der Waals surface area contributed by atoms with Crippen molar-refractivity contribution in [3.8, 4) is 5.75 Å². The second-order valence-electron chi connectivity index (χ2n) is 3.77. The molecule has 2 rings (SSSR count). The van der Waals surface area contributed by atoms with Gasteiger partial charge in [0.1, 0.15) is 5.75 Å². The van der Waals surface area contributed by atoms with Gasteiger partial charge in [0.25, 0.3) is 0 Å². The van der Waals surface area contributed by atoms with Crippen molar-refractivity contribution in [2.75, 3.05) is 0 Å². The van der Waals surface area contributed by atoms with E-state index in [1.165, 1.54) is 0 Å². The number of aliphatic carboxylic acids is 1. The minimum absolute atomic E-state index is 0.0863. The standard InChI is InChI=1S/C11H12O4/c12-9-5-7-3-1-2-6(7)4-8(9)10(13)11(14)15/h4-5,10,12-13H,1-3H2,(H,14,15). The molecule has 4 nitrogen and oxygen atoms in total. The van der Waals surface area contributed by atoms with E-state index in [0.29, 0.717) is 0 Å². The van der Waals surface area contributed by atoms with Crippen molar-refractivity contribution in [2.45, 2.75) is 25.4 Å². The number of fused-ring (bicyclic) bond motifs is 1. The molecule has 0 amide bonds. The topological polar surface area (TPSA) is 77.8 Å². The normalized spacial score (nSPS) is 16.1. The van der Waals surface area contributed by atoms with Gasteiger partial charge in [-0.05, 0) is 42.5 Å². The summed E-state index contributed by atoms with van der Waals surface area (Å²) in [6.07, 6.45) is 1.17. The van der Waals surface area contributed by atoms with E-state index < -0.39 is 12.1 Å². The molecule has 0 saturated heterocycles. The largest absolute Gasteiger partial charge is 0.508 e. The summed E-state index contributed by atoms with van der Waals surface area (Å²) in [7, 11) is 0. The monoisotopic (exact) mass is 208 g/mol. The summed E-state index contributed by atoms with van der Waals surface area (Å²) >= 11 is 0. The quantitative estimate of drug-likeness (QED) is 0.677. The molecule has 0 saturated carbocycles. The zero-order valence-corrected chi connectivity index (χ0v) is 8.10. The van der Waals surface area contributed by atoms with E-state index in [9.17, 15) is 15.0 Å². The number of hydrogen-bond acceptors (Lipinski definition) is 3. The maximum atomic E-state index is 10.6. The zero-order chi connectivity index (χ0) is 11.0. The molecule has 1 unspecified atom stereocenters. The Kier molecular flexibility index (Phi) is 2.36. The van der Waals surface area contributed by atoms with Crippen LogP contribution in [-0.4, -0.2) is 21.3 Å². The van der Waals surface area contributed by atoms with Crippen LogP contribution in [0.4, 0.5) is 0 Å². The Hall–Kier alpha value is -1.55. The molecule has 1 aliphatic rings. The molecular weight excluding hydrogens is 196 g/mol. The minimum atomic E-state index is -1.64. The summed E-state index contributed by atoms with van der Waals surface area (Å²) in [6, 6.07) is 3.15. The molecule has 0 heterocycles. The molecule has 1 aliphatic carbocycles. The summed E-state index contributed by atoms with van der Waals surface area (Å²) in [4.78, 5) is 10.6. The molecule has 80 valence electrons. The third-order valence-corrected chi connectivity index (χ3v) is 2.77. The number of aliphatic hydroxyl groups excluding tert-OH is 1. The lowest BCUT2D eigenvalue weighted by Gasteiger charge is -2.10. The van der Waals surface area contributed by atoms with E-state index in [1.54, 1.807) is 12.1 Å². The molecule has 0 aromatic heterocycles. The number of aryl methyl sites for hydroxylation is 2. The van der Waals surface area contributed by atoms with Crippen LogP contribution in [0.1, 0.15) is 29.2 Å². The number of rotatable bonds is 2. The van der Waals surface area contributed by atoms with E-state index >= 15 is 0 Å². The highest BCUT2D eigenvalue weighted by Crippen LogP contribution is 2.32. The van der Waals surface area contributed by atoms with Crippen LogP contribution in [0.15, 0.2) is 12.1 Å². The molecule has 0 spiro atoms. The van der Waals surface area contributed by atoms with Crippen molar-refractivity contribution in [3.63, 3.8) is 0 Å². The Morgan fingerprint density at radius 1 is 1.27 bits per heavy atom. The van der Waals surface area contributed by atoms with E-state index in [1.807, 2.05) is 0 Å². The summed E-state index contributed by atoms with van der Waals surface area (Å²) < 4.78 is 0. The fraction of sp³-hybridized carbons (Fsp3) is 0.364. The lowest BCUT2D eigenvalue weighted by Crippen LogP contribution is -2.11. The van der Waals surface area contributed by atoms with E-state index in [4.69, 9.17) is 5.11 Å². The van der Waals surface area contributed by atoms with E-state index in [-0.39, 0.29) is 11.3 Å². The lowest BCUT2D eigenvalue weighted by atomic mass is 10.0. The maximum Gasteiger partial charge on any atom is 0.337 e. The lowest BCUT2D eigenvalue weighted by molar-refractivity contribution is -0.147. The van der Waals surface area contributed by atoms with E-state index in [2.05, 4.69) is 0 Å². The van der Waals surface area contributed by atoms with Gasteiger partial charge < -0.3 is 15.3 Å². The molecule has 0 radical (unpaired) electrons. The first-order chi connectivity index (χ1) is 7.09. The molecule has 0 bridgehead atoms. The van der Waals surface area contributed by atoms with Gasteiger partial charge in [0.05, 0.1) is 0 Å². The number of phenols is 1. The van der Waals surface area contributed by atoms with Crippen LogP contribution >= 0.6 is 0 Å². The summed E-state index contributed by atoms with van der Waals surface area (Å²) in [5.74, 6) is -1.48. The van der Waals surface area contributed by atoms with Gasteiger partial charge in [0.15, 0.2) is 6.10 Å².